The van der Waals surface area contributed by atoms with Gasteiger partial charge in [-0.3, -0.25) is 4.90 Å². The van der Waals surface area contributed by atoms with E-state index in [1.165, 1.54) is 0 Å². The van der Waals surface area contributed by atoms with Gasteiger partial charge in [-0.25, -0.2) is 0 Å². The van der Waals surface area contributed by atoms with E-state index in [4.69, 9.17) is 10.3 Å². The Labute approximate surface area is 109 Å². The number of nitrogens with two attached hydrogens (primary N) is 1. The Morgan fingerprint density at radius 3 is 2.39 bits per heavy atom. The van der Waals surface area contributed by atoms with Crippen molar-refractivity contribution in [1.82, 2.24) is 15.0 Å². The van der Waals surface area contributed by atoms with Gasteiger partial charge in [0.1, 0.15) is 0 Å². The van der Waals surface area contributed by atoms with E-state index in [0.29, 0.717) is 17.6 Å². The number of rotatable bonds is 4. The molecule has 5 nitrogen and oxygen atoms in total. The Kier molecular flexibility index (Phi) is 3.73. The molecule has 1 saturated carbocycles. The van der Waals surface area contributed by atoms with E-state index < -0.39 is 0 Å². The summed E-state index contributed by atoms with van der Waals surface area (Å²) in [6.07, 6.45) is 4.23. The van der Waals surface area contributed by atoms with E-state index in [-0.39, 0.29) is 11.6 Å². The molecular formula is C13H24N4O. The molecule has 0 bridgehead atoms. The lowest BCUT2D eigenvalue weighted by Crippen LogP contribution is -2.34. The molecule has 1 aliphatic rings. The summed E-state index contributed by atoms with van der Waals surface area (Å²) >= 11 is 0. The highest BCUT2D eigenvalue weighted by Crippen LogP contribution is 2.35. The van der Waals surface area contributed by atoms with Crippen LogP contribution in [0, 0.1) is 5.92 Å². The van der Waals surface area contributed by atoms with Gasteiger partial charge in [0.05, 0.1) is 11.6 Å². The molecule has 1 atom stereocenters. The van der Waals surface area contributed by atoms with Gasteiger partial charge in [-0.1, -0.05) is 31.8 Å². The van der Waals surface area contributed by atoms with Gasteiger partial charge in [0.15, 0.2) is 5.82 Å². The van der Waals surface area contributed by atoms with Gasteiger partial charge in [-0.15, -0.1) is 0 Å². The van der Waals surface area contributed by atoms with Gasteiger partial charge in [0.25, 0.3) is 0 Å². The third-order valence-electron chi connectivity index (χ3n) is 3.82. The molecule has 1 heterocycles. The molecule has 1 aromatic heterocycles. The molecule has 0 aliphatic heterocycles. The topological polar surface area (TPSA) is 68.2 Å². The molecule has 0 unspecified atom stereocenters. The first kappa shape index (κ1) is 13.5. The minimum Gasteiger partial charge on any atom is -0.338 e. The molecule has 1 aliphatic carbocycles. The number of hydrogen-bond donors (Lipinski definition) is 1. The Hall–Kier alpha value is -0.940. The summed E-state index contributed by atoms with van der Waals surface area (Å²) in [7, 11) is 4.06. The fraction of sp³-hybridized carbons (Fsp3) is 0.846. The van der Waals surface area contributed by atoms with Crippen LogP contribution < -0.4 is 5.73 Å². The average Bonchev–Trinajstić information content (AvgIpc) is 2.87. The van der Waals surface area contributed by atoms with Crippen LogP contribution in [0.5, 0.6) is 0 Å². The zero-order chi connectivity index (χ0) is 13.3. The predicted octanol–water partition coefficient (Wildman–Crippen LogP) is 2.06. The van der Waals surface area contributed by atoms with E-state index in [1.54, 1.807) is 0 Å². The summed E-state index contributed by atoms with van der Waals surface area (Å²) in [6, 6.07) is 0.149. The second-order valence-corrected chi connectivity index (χ2v) is 5.97. The standard InChI is InChI=1S/C13H24N4O/c1-9(2)10(17(3)4)11-15-12(16-18-11)13(14)7-5-6-8-13/h9-10H,5-8,14H2,1-4H3/t10-/m0/s1. The highest BCUT2D eigenvalue weighted by Gasteiger charge is 2.37. The van der Waals surface area contributed by atoms with Gasteiger partial charge in [-0.2, -0.15) is 4.98 Å². The predicted molar refractivity (Wildman–Crippen MR) is 69.9 cm³/mol. The molecule has 1 fully saturated rings. The maximum atomic E-state index is 6.35. The van der Waals surface area contributed by atoms with Crippen molar-refractivity contribution in [3.63, 3.8) is 0 Å². The van der Waals surface area contributed by atoms with E-state index in [0.717, 1.165) is 25.7 Å². The molecule has 0 amide bonds. The molecule has 0 spiro atoms. The third kappa shape index (κ3) is 2.42. The van der Waals surface area contributed by atoms with Crippen LogP contribution in [0.15, 0.2) is 4.52 Å². The molecule has 2 rings (SSSR count). The Morgan fingerprint density at radius 1 is 1.28 bits per heavy atom. The summed E-state index contributed by atoms with van der Waals surface area (Å²) in [5.41, 5.74) is 5.98. The van der Waals surface area contributed by atoms with Crippen LogP contribution in [0.2, 0.25) is 0 Å². The van der Waals surface area contributed by atoms with E-state index >= 15 is 0 Å². The number of aromatic nitrogens is 2. The second-order valence-electron chi connectivity index (χ2n) is 5.97. The summed E-state index contributed by atoms with van der Waals surface area (Å²) in [5, 5.41) is 4.12. The van der Waals surface area contributed by atoms with Crippen LogP contribution in [-0.2, 0) is 5.54 Å². The molecule has 0 aromatic carbocycles. The largest absolute Gasteiger partial charge is 0.338 e. The lowest BCUT2D eigenvalue weighted by atomic mass is 9.98. The van der Waals surface area contributed by atoms with Crippen molar-refractivity contribution in [1.29, 1.82) is 0 Å². The van der Waals surface area contributed by atoms with Crippen molar-refractivity contribution in [3.05, 3.63) is 11.7 Å². The van der Waals surface area contributed by atoms with Gasteiger partial charge >= 0.3 is 0 Å². The zero-order valence-electron chi connectivity index (χ0n) is 11.8. The zero-order valence-corrected chi connectivity index (χ0v) is 11.8. The van der Waals surface area contributed by atoms with Crippen molar-refractivity contribution in [2.24, 2.45) is 11.7 Å². The van der Waals surface area contributed by atoms with Crippen molar-refractivity contribution in [2.75, 3.05) is 14.1 Å². The summed E-state index contributed by atoms with van der Waals surface area (Å²) in [5.74, 6) is 1.79. The fourth-order valence-corrected chi connectivity index (χ4v) is 2.89. The van der Waals surface area contributed by atoms with Crippen LogP contribution in [0.25, 0.3) is 0 Å². The molecule has 2 N–H and O–H groups in total. The normalized spacial score (nSPS) is 20.8. The summed E-state index contributed by atoms with van der Waals surface area (Å²) in [6.45, 7) is 4.31. The van der Waals surface area contributed by atoms with Crippen LogP contribution in [0.3, 0.4) is 0 Å². The minimum absolute atomic E-state index is 0.149. The van der Waals surface area contributed by atoms with E-state index in [1.807, 2.05) is 14.1 Å². The van der Waals surface area contributed by atoms with Gasteiger partial charge in [0, 0.05) is 0 Å². The smallest absolute Gasteiger partial charge is 0.244 e. The van der Waals surface area contributed by atoms with Gasteiger partial charge < -0.3 is 10.3 Å². The molecular weight excluding hydrogens is 228 g/mol. The van der Waals surface area contributed by atoms with Crippen LogP contribution in [0.4, 0.5) is 0 Å². The van der Waals surface area contributed by atoms with Gasteiger partial charge in [-0.05, 0) is 32.9 Å². The first-order valence-corrected chi connectivity index (χ1v) is 6.73. The maximum absolute atomic E-state index is 6.35. The van der Waals surface area contributed by atoms with Crippen LogP contribution in [0.1, 0.15) is 57.3 Å². The highest BCUT2D eigenvalue weighted by atomic mass is 16.5. The molecule has 102 valence electrons. The van der Waals surface area contributed by atoms with E-state index in [9.17, 15) is 0 Å². The van der Waals surface area contributed by atoms with E-state index in [2.05, 4.69) is 28.9 Å². The number of hydrogen-bond acceptors (Lipinski definition) is 5. The Bertz CT molecular complexity index is 385. The van der Waals surface area contributed by atoms with Crippen molar-refractivity contribution < 1.29 is 4.52 Å². The Balaban J connectivity index is 2.24. The minimum atomic E-state index is -0.365. The van der Waals surface area contributed by atoms with Crippen molar-refractivity contribution in [3.8, 4) is 0 Å². The highest BCUT2D eigenvalue weighted by molar-refractivity contribution is 5.07. The lowest BCUT2D eigenvalue weighted by Gasteiger charge is -2.24. The van der Waals surface area contributed by atoms with Crippen LogP contribution >= 0.6 is 0 Å². The van der Waals surface area contributed by atoms with Crippen molar-refractivity contribution >= 4 is 0 Å². The maximum Gasteiger partial charge on any atom is 0.244 e. The molecule has 0 saturated heterocycles. The third-order valence-corrected chi connectivity index (χ3v) is 3.82. The summed E-state index contributed by atoms with van der Waals surface area (Å²) < 4.78 is 5.44. The average molecular weight is 252 g/mol. The molecule has 5 heteroatoms. The quantitative estimate of drug-likeness (QED) is 0.888. The number of nitrogens with zero attached hydrogens (tertiary/aromatic N) is 3. The molecule has 18 heavy (non-hydrogen) atoms. The van der Waals surface area contributed by atoms with Gasteiger partial charge in [0.2, 0.25) is 5.89 Å². The monoisotopic (exact) mass is 252 g/mol. The lowest BCUT2D eigenvalue weighted by molar-refractivity contribution is 0.181. The first-order valence-electron chi connectivity index (χ1n) is 6.73. The first-order chi connectivity index (χ1) is 8.44. The second kappa shape index (κ2) is 4.97. The fourth-order valence-electron chi connectivity index (χ4n) is 2.89. The molecule has 0 radical (unpaired) electrons. The van der Waals surface area contributed by atoms with Crippen molar-refractivity contribution in [2.45, 2.75) is 51.1 Å². The molecule has 1 aromatic rings. The Morgan fingerprint density at radius 2 is 1.89 bits per heavy atom. The SMILES string of the molecule is CC(C)[C@@H](c1nc(C2(N)CCCC2)no1)N(C)C. The van der Waals surface area contributed by atoms with Crippen LogP contribution in [-0.4, -0.2) is 29.1 Å². The summed E-state index contributed by atoms with van der Waals surface area (Å²) in [4.78, 5) is 6.67.